The van der Waals surface area contributed by atoms with Crippen molar-refractivity contribution in [3.8, 4) is 0 Å². The number of rotatable bonds is 9. The molecule has 2 N–H and O–H groups in total. The van der Waals surface area contributed by atoms with Crippen molar-refractivity contribution in [3.63, 3.8) is 0 Å². The number of nitrogens with zero attached hydrogens (tertiary/aromatic N) is 2. The lowest BCUT2D eigenvalue weighted by atomic mass is 9.87. The van der Waals surface area contributed by atoms with Crippen molar-refractivity contribution in [3.05, 3.63) is 89.0 Å². The standard InChI is InChI=1S/C33H43FN4O2.3ClH/c1-33(2,3)35-21-32(39)40-29-18-26(30(20-29)25-10-7-11-27(34)17-25)22-38-14-12-24(13-15-38)31-19-28(36-37-31)16-23-8-5-4-6-9-23;;;/h4-11,17,19,24,26,29-30,35H,12-16,18,20-22H2,1-3H3,(H,36,37);3*1H/t26-,29+,30-;;;/m1.../s1. The molecule has 1 aliphatic heterocycles. The predicted molar refractivity (Wildman–Crippen MR) is 177 cm³/mol. The molecule has 5 rings (SSSR count). The molecule has 1 saturated carbocycles. The van der Waals surface area contributed by atoms with E-state index in [9.17, 15) is 9.18 Å². The lowest BCUT2D eigenvalue weighted by molar-refractivity contribution is -0.148. The molecule has 1 aliphatic carbocycles. The second-order valence-electron chi connectivity index (χ2n) is 12.7. The number of esters is 1. The Morgan fingerprint density at radius 2 is 1.74 bits per heavy atom. The third kappa shape index (κ3) is 10.8. The largest absolute Gasteiger partial charge is 0.461 e. The first kappa shape index (κ1) is 37.0. The van der Waals surface area contributed by atoms with Gasteiger partial charge in [0.15, 0.2) is 0 Å². The highest BCUT2D eigenvalue weighted by atomic mass is 35.5. The maximum Gasteiger partial charge on any atom is 0.320 e. The number of ether oxygens (including phenoxy) is 1. The minimum Gasteiger partial charge on any atom is -0.461 e. The maximum atomic E-state index is 14.1. The number of hydrogen-bond donors (Lipinski definition) is 2. The van der Waals surface area contributed by atoms with Gasteiger partial charge in [-0.25, -0.2) is 4.39 Å². The van der Waals surface area contributed by atoms with Crippen LogP contribution in [-0.2, 0) is 16.0 Å². The monoisotopic (exact) mass is 654 g/mol. The number of carbonyl (C=O) groups excluding carboxylic acids is 1. The first-order valence-corrected chi connectivity index (χ1v) is 14.7. The van der Waals surface area contributed by atoms with E-state index in [0.717, 1.165) is 63.0 Å². The molecule has 3 atom stereocenters. The van der Waals surface area contributed by atoms with E-state index in [-0.39, 0.29) is 73.1 Å². The Labute approximate surface area is 274 Å². The summed E-state index contributed by atoms with van der Waals surface area (Å²) in [5.41, 5.74) is 4.47. The van der Waals surface area contributed by atoms with Crippen molar-refractivity contribution in [2.45, 2.75) is 76.4 Å². The minimum absolute atomic E-state index is 0. The Kier molecular flexibility index (Phi) is 14.5. The molecule has 1 saturated heterocycles. The van der Waals surface area contributed by atoms with Gasteiger partial charge in [-0.3, -0.25) is 9.89 Å². The van der Waals surface area contributed by atoms with Gasteiger partial charge in [0, 0.05) is 30.1 Å². The van der Waals surface area contributed by atoms with Gasteiger partial charge in [-0.05, 0) is 101 Å². The number of benzene rings is 2. The van der Waals surface area contributed by atoms with Crippen LogP contribution in [-0.4, -0.2) is 58.9 Å². The Hall–Kier alpha value is -2.16. The van der Waals surface area contributed by atoms with E-state index in [0.29, 0.717) is 11.8 Å². The van der Waals surface area contributed by atoms with Gasteiger partial charge in [-0.1, -0.05) is 42.5 Å². The summed E-state index contributed by atoms with van der Waals surface area (Å²) in [4.78, 5) is 15.1. The molecule has 0 radical (unpaired) electrons. The number of aromatic amines is 1. The van der Waals surface area contributed by atoms with E-state index in [4.69, 9.17) is 4.74 Å². The average Bonchev–Trinajstić information content (AvgIpc) is 3.55. The van der Waals surface area contributed by atoms with Crippen LogP contribution in [0.4, 0.5) is 4.39 Å². The summed E-state index contributed by atoms with van der Waals surface area (Å²) in [7, 11) is 0. The molecule has 0 bridgehead atoms. The van der Waals surface area contributed by atoms with Gasteiger partial charge in [-0.15, -0.1) is 37.2 Å². The van der Waals surface area contributed by atoms with Crippen molar-refractivity contribution >= 4 is 43.2 Å². The van der Waals surface area contributed by atoms with E-state index < -0.39 is 0 Å². The van der Waals surface area contributed by atoms with E-state index in [2.05, 4.69) is 50.7 Å². The second kappa shape index (κ2) is 16.8. The van der Waals surface area contributed by atoms with Gasteiger partial charge < -0.3 is 15.0 Å². The number of nitrogens with one attached hydrogen (secondary N) is 2. The molecular formula is C33H46Cl3FN4O2. The summed E-state index contributed by atoms with van der Waals surface area (Å²) in [5.74, 6) is 0.523. The molecule has 2 fully saturated rings. The molecule has 2 heterocycles. The summed E-state index contributed by atoms with van der Waals surface area (Å²) >= 11 is 0. The molecule has 43 heavy (non-hydrogen) atoms. The van der Waals surface area contributed by atoms with E-state index >= 15 is 0 Å². The van der Waals surface area contributed by atoms with Crippen molar-refractivity contribution < 1.29 is 13.9 Å². The van der Waals surface area contributed by atoms with Crippen LogP contribution in [0, 0.1) is 11.7 Å². The smallest absolute Gasteiger partial charge is 0.320 e. The lowest BCUT2D eigenvalue weighted by Gasteiger charge is -2.34. The molecule has 2 aliphatic rings. The molecule has 6 nitrogen and oxygen atoms in total. The van der Waals surface area contributed by atoms with Crippen LogP contribution in [0.15, 0.2) is 60.7 Å². The van der Waals surface area contributed by atoms with E-state index in [1.54, 1.807) is 12.1 Å². The summed E-state index contributed by atoms with van der Waals surface area (Å²) in [6.45, 7) is 9.25. The predicted octanol–water partition coefficient (Wildman–Crippen LogP) is 7.08. The molecule has 1 aromatic heterocycles. The number of hydrogen-bond acceptors (Lipinski definition) is 5. The quantitative estimate of drug-likeness (QED) is 0.241. The van der Waals surface area contributed by atoms with Crippen LogP contribution in [0.2, 0.25) is 0 Å². The van der Waals surface area contributed by atoms with Gasteiger partial charge in [0.25, 0.3) is 0 Å². The van der Waals surface area contributed by atoms with Crippen molar-refractivity contribution in [2.75, 3.05) is 26.2 Å². The van der Waals surface area contributed by atoms with Gasteiger partial charge in [-0.2, -0.15) is 5.10 Å². The fraction of sp³-hybridized carbons (Fsp3) is 0.515. The Balaban J connectivity index is 0.00000215. The van der Waals surface area contributed by atoms with E-state index in [1.165, 1.54) is 17.3 Å². The number of aromatic nitrogens is 2. The third-order valence-corrected chi connectivity index (χ3v) is 8.38. The number of halogens is 4. The Bertz CT molecular complexity index is 1260. The topological polar surface area (TPSA) is 70.2 Å². The number of H-pyrrole nitrogens is 1. The highest BCUT2D eigenvalue weighted by molar-refractivity contribution is 5.86. The normalized spacial score (nSPS) is 20.9. The van der Waals surface area contributed by atoms with Gasteiger partial charge >= 0.3 is 5.97 Å². The number of carbonyl (C=O) groups is 1. The highest BCUT2D eigenvalue weighted by Gasteiger charge is 2.39. The van der Waals surface area contributed by atoms with Crippen LogP contribution in [0.5, 0.6) is 0 Å². The molecule has 0 amide bonds. The lowest BCUT2D eigenvalue weighted by Crippen LogP contribution is -2.40. The third-order valence-electron chi connectivity index (χ3n) is 8.38. The summed E-state index contributed by atoms with van der Waals surface area (Å²) in [6.07, 6.45) is 4.42. The number of likely N-dealkylation sites (tertiary alicyclic amines) is 1. The maximum absolute atomic E-state index is 14.1. The molecule has 10 heteroatoms. The number of piperidine rings is 1. The molecule has 0 unspecified atom stereocenters. The minimum atomic E-state index is -0.218. The van der Waals surface area contributed by atoms with Crippen molar-refractivity contribution in [2.24, 2.45) is 5.92 Å². The van der Waals surface area contributed by atoms with Crippen molar-refractivity contribution in [1.82, 2.24) is 20.4 Å². The van der Waals surface area contributed by atoms with Crippen LogP contribution < -0.4 is 5.32 Å². The molecular weight excluding hydrogens is 610 g/mol. The van der Waals surface area contributed by atoms with Crippen LogP contribution in [0.1, 0.15) is 80.8 Å². The first-order valence-electron chi connectivity index (χ1n) is 14.7. The van der Waals surface area contributed by atoms with E-state index in [1.807, 2.05) is 32.9 Å². The fourth-order valence-electron chi connectivity index (χ4n) is 6.32. The van der Waals surface area contributed by atoms with Crippen LogP contribution in [0.25, 0.3) is 0 Å². The second-order valence-corrected chi connectivity index (χ2v) is 12.7. The zero-order valence-electron chi connectivity index (χ0n) is 25.3. The van der Waals surface area contributed by atoms with Crippen molar-refractivity contribution in [1.29, 1.82) is 0 Å². The van der Waals surface area contributed by atoms with Crippen LogP contribution in [0.3, 0.4) is 0 Å². The molecule has 2 aromatic carbocycles. The zero-order valence-corrected chi connectivity index (χ0v) is 27.7. The molecule has 238 valence electrons. The van der Waals surface area contributed by atoms with Crippen LogP contribution >= 0.6 is 37.2 Å². The molecule has 0 spiro atoms. The SMILES string of the molecule is CC(C)(C)NCC(=O)O[C@H]1C[C@H](CN2CCC(c3cc(Cc4ccccc4)[nH]n3)CC2)[C@@H](c2cccc(F)c2)C1.Cl.Cl.Cl. The molecule has 3 aromatic rings. The van der Waals surface area contributed by atoms with Gasteiger partial charge in [0.1, 0.15) is 11.9 Å². The summed E-state index contributed by atoms with van der Waals surface area (Å²) < 4.78 is 20.0. The van der Waals surface area contributed by atoms with Gasteiger partial charge in [0.05, 0.1) is 12.2 Å². The fourth-order valence-corrected chi connectivity index (χ4v) is 6.32. The first-order chi connectivity index (χ1) is 19.2. The highest BCUT2D eigenvalue weighted by Crippen LogP contribution is 2.42. The Morgan fingerprint density at radius 3 is 2.42 bits per heavy atom. The average molecular weight is 656 g/mol. The zero-order chi connectivity index (χ0) is 28.1. The summed E-state index contributed by atoms with van der Waals surface area (Å²) in [6, 6.07) is 19.7. The Morgan fingerprint density at radius 1 is 1.02 bits per heavy atom. The summed E-state index contributed by atoms with van der Waals surface area (Å²) in [5, 5.41) is 11.1. The van der Waals surface area contributed by atoms with Gasteiger partial charge in [0.2, 0.25) is 0 Å².